The average molecular weight is 646 g/mol. The summed E-state index contributed by atoms with van der Waals surface area (Å²) in [6.07, 6.45) is 0.182. The minimum Gasteiger partial charge on any atom is -0.478 e. The molecule has 3 heterocycles. The van der Waals surface area contributed by atoms with Gasteiger partial charge in [-0.1, -0.05) is 36.2 Å². The molecule has 3 aliphatic rings. The first kappa shape index (κ1) is 31.1. The molecule has 3 aromatic rings. The fourth-order valence-electron chi connectivity index (χ4n) is 6.40. The minimum atomic E-state index is -4.86. The van der Waals surface area contributed by atoms with Gasteiger partial charge in [0.25, 0.3) is 0 Å². The van der Waals surface area contributed by atoms with Crippen LogP contribution >= 0.6 is 11.6 Å². The van der Waals surface area contributed by atoms with Gasteiger partial charge < -0.3 is 24.5 Å². The number of hydrogen-bond donors (Lipinski definition) is 1. The fraction of sp³-hybridized carbons (Fsp3) is 0.469. The standard InChI is InChI=1S/C32H35ClF3N5O4/c33-23-8-11-26(22-6-9-24(10-7-22)38-13-15-39(16-14-38)31(44)45-20-21-3-1-4-21)28(17-23)40-12-2-5-25(19-40)41-29(32(34,35)36)27(18-37-41)30(42)43/h6-11,17-18,21,25H,1-5,12-16,19-20H2,(H,42,43). The average Bonchev–Trinajstić information content (AvgIpc) is 3.48. The van der Waals surface area contributed by atoms with Crippen LogP contribution in [0.3, 0.4) is 0 Å². The summed E-state index contributed by atoms with van der Waals surface area (Å²) in [4.78, 5) is 30.0. The minimum absolute atomic E-state index is 0.211. The SMILES string of the molecule is O=C(O)c1cnn(C2CCCN(c3cc(Cl)ccc3-c3ccc(N4CCN(C(=O)OCC5CCC5)CC4)cc3)C2)c1C(F)(F)F. The van der Waals surface area contributed by atoms with Crippen molar-refractivity contribution >= 4 is 35.0 Å². The van der Waals surface area contributed by atoms with E-state index in [1.165, 1.54) is 6.42 Å². The highest BCUT2D eigenvalue weighted by molar-refractivity contribution is 6.31. The predicted molar refractivity (Wildman–Crippen MR) is 164 cm³/mol. The second-order valence-corrected chi connectivity index (χ2v) is 12.4. The van der Waals surface area contributed by atoms with E-state index in [1.54, 1.807) is 11.0 Å². The van der Waals surface area contributed by atoms with Crippen LogP contribution < -0.4 is 9.80 Å². The van der Waals surface area contributed by atoms with Crippen LogP contribution in [0, 0.1) is 5.92 Å². The molecule has 1 unspecified atom stereocenters. The van der Waals surface area contributed by atoms with Crippen molar-refractivity contribution in [1.82, 2.24) is 14.7 Å². The second-order valence-electron chi connectivity index (χ2n) is 12.0. The van der Waals surface area contributed by atoms with Gasteiger partial charge in [-0.05, 0) is 61.4 Å². The molecular formula is C32H35ClF3N5O4. The lowest BCUT2D eigenvalue weighted by atomic mass is 9.86. The summed E-state index contributed by atoms with van der Waals surface area (Å²) in [5, 5.41) is 13.7. The first-order valence-electron chi connectivity index (χ1n) is 15.3. The Morgan fingerprint density at radius 3 is 2.33 bits per heavy atom. The number of alkyl halides is 3. The quantitative estimate of drug-likeness (QED) is 0.302. The number of piperidine rings is 1. The molecule has 9 nitrogen and oxygen atoms in total. The number of carbonyl (C=O) groups excluding carboxylic acids is 1. The van der Waals surface area contributed by atoms with Crippen LogP contribution in [0.2, 0.25) is 5.02 Å². The van der Waals surface area contributed by atoms with Crippen LogP contribution in [0.15, 0.2) is 48.7 Å². The summed E-state index contributed by atoms with van der Waals surface area (Å²) < 4.78 is 48.1. The van der Waals surface area contributed by atoms with Crippen molar-refractivity contribution in [2.24, 2.45) is 5.92 Å². The Balaban J connectivity index is 1.16. The van der Waals surface area contributed by atoms with Crippen molar-refractivity contribution in [2.45, 2.75) is 44.3 Å². The van der Waals surface area contributed by atoms with Gasteiger partial charge in [0, 0.05) is 61.2 Å². The van der Waals surface area contributed by atoms with E-state index in [0.29, 0.717) is 63.1 Å². The monoisotopic (exact) mass is 645 g/mol. The normalized spacial score (nSPS) is 19.4. The number of halogens is 4. The van der Waals surface area contributed by atoms with Crippen molar-refractivity contribution in [3.8, 4) is 11.1 Å². The van der Waals surface area contributed by atoms with Gasteiger partial charge in [0.1, 0.15) is 5.56 Å². The zero-order chi connectivity index (χ0) is 31.7. The highest BCUT2D eigenvalue weighted by Gasteiger charge is 2.42. The van der Waals surface area contributed by atoms with E-state index in [1.807, 2.05) is 41.3 Å². The van der Waals surface area contributed by atoms with Gasteiger partial charge in [-0.15, -0.1) is 0 Å². The van der Waals surface area contributed by atoms with Crippen molar-refractivity contribution in [3.63, 3.8) is 0 Å². The number of amides is 1. The Kier molecular flexibility index (Phi) is 8.85. The van der Waals surface area contributed by atoms with Crippen LogP contribution in [0.5, 0.6) is 0 Å². The topological polar surface area (TPSA) is 91.1 Å². The lowest BCUT2D eigenvalue weighted by Crippen LogP contribution is -2.49. The molecule has 240 valence electrons. The molecule has 0 bridgehead atoms. The lowest BCUT2D eigenvalue weighted by molar-refractivity contribution is -0.145. The number of anilines is 2. The first-order valence-corrected chi connectivity index (χ1v) is 15.7. The Bertz CT molecular complexity index is 1530. The molecule has 1 saturated carbocycles. The Labute approximate surface area is 264 Å². The number of ether oxygens (including phenoxy) is 1. The molecule has 0 spiro atoms. The van der Waals surface area contributed by atoms with Crippen LogP contribution in [0.25, 0.3) is 11.1 Å². The van der Waals surface area contributed by atoms with Gasteiger partial charge in [0.05, 0.1) is 18.8 Å². The maximum atomic E-state index is 13.9. The summed E-state index contributed by atoms with van der Waals surface area (Å²) in [5.41, 5.74) is 1.53. The summed E-state index contributed by atoms with van der Waals surface area (Å²) in [6.45, 7) is 3.87. The summed E-state index contributed by atoms with van der Waals surface area (Å²) >= 11 is 6.40. The number of hydrogen-bond acceptors (Lipinski definition) is 6. The van der Waals surface area contributed by atoms with E-state index in [0.717, 1.165) is 46.2 Å². The number of carboxylic acids is 1. The number of aromatic nitrogens is 2. The Morgan fingerprint density at radius 2 is 1.69 bits per heavy atom. The molecule has 2 aromatic carbocycles. The maximum Gasteiger partial charge on any atom is 0.433 e. The van der Waals surface area contributed by atoms with E-state index >= 15 is 0 Å². The van der Waals surface area contributed by atoms with E-state index in [-0.39, 0.29) is 12.6 Å². The maximum absolute atomic E-state index is 13.9. The van der Waals surface area contributed by atoms with Gasteiger partial charge in [-0.25, -0.2) is 9.59 Å². The molecule has 1 amide bonds. The number of rotatable bonds is 7. The molecule has 0 radical (unpaired) electrons. The molecular weight excluding hydrogens is 611 g/mol. The highest BCUT2D eigenvalue weighted by atomic mass is 35.5. The van der Waals surface area contributed by atoms with Gasteiger partial charge in [0.15, 0.2) is 5.69 Å². The third kappa shape index (κ3) is 6.70. The number of carboxylic acid groups (broad SMARTS) is 1. The van der Waals surface area contributed by atoms with Crippen LogP contribution in [-0.4, -0.2) is 77.7 Å². The highest BCUT2D eigenvalue weighted by Crippen LogP contribution is 2.39. The molecule has 2 aliphatic heterocycles. The number of piperazine rings is 1. The van der Waals surface area contributed by atoms with Gasteiger partial charge in [-0.3, -0.25) is 4.68 Å². The fourth-order valence-corrected chi connectivity index (χ4v) is 6.57. The third-order valence-electron chi connectivity index (χ3n) is 9.09. The first-order chi connectivity index (χ1) is 21.6. The molecule has 45 heavy (non-hydrogen) atoms. The van der Waals surface area contributed by atoms with Crippen molar-refractivity contribution < 1.29 is 32.6 Å². The summed E-state index contributed by atoms with van der Waals surface area (Å²) in [5.74, 6) is -1.15. The molecule has 1 N–H and O–H groups in total. The molecule has 1 atom stereocenters. The number of benzene rings is 2. The summed E-state index contributed by atoms with van der Waals surface area (Å²) in [7, 11) is 0. The van der Waals surface area contributed by atoms with Gasteiger partial charge in [-0.2, -0.15) is 18.3 Å². The molecule has 6 rings (SSSR count). The van der Waals surface area contributed by atoms with E-state index < -0.39 is 29.4 Å². The molecule has 1 aliphatic carbocycles. The van der Waals surface area contributed by atoms with Gasteiger partial charge >= 0.3 is 18.2 Å². The summed E-state index contributed by atoms with van der Waals surface area (Å²) in [6, 6.07) is 12.9. The molecule has 1 aromatic heterocycles. The Morgan fingerprint density at radius 1 is 0.956 bits per heavy atom. The third-order valence-corrected chi connectivity index (χ3v) is 9.32. The zero-order valence-electron chi connectivity index (χ0n) is 24.7. The molecule has 3 fully saturated rings. The van der Waals surface area contributed by atoms with E-state index in [9.17, 15) is 27.9 Å². The van der Waals surface area contributed by atoms with Crippen molar-refractivity contribution in [3.05, 3.63) is 64.9 Å². The molecule has 13 heteroatoms. The second kappa shape index (κ2) is 12.8. The zero-order valence-corrected chi connectivity index (χ0v) is 25.4. The van der Waals surface area contributed by atoms with E-state index in [2.05, 4.69) is 10.00 Å². The predicted octanol–water partition coefficient (Wildman–Crippen LogP) is 6.82. The Hall–Kier alpha value is -3.93. The molecule has 2 saturated heterocycles. The largest absolute Gasteiger partial charge is 0.478 e. The van der Waals surface area contributed by atoms with E-state index in [4.69, 9.17) is 16.3 Å². The smallest absolute Gasteiger partial charge is 0.433 e. The number of carbonyl (C=O) groups is 2. The van der Waals surface area contributed by atoms with Gasteiger partial charge in [0.2, 0.25) is 0 Å². The van der Waals surface area contributed by atoms with Crippen LogP contribution in [0.4, 0.5) is 29.3 Å². The van der Waals surface area contributed by atoms with Crippen LogP contribution in [0.1, 0.15) is 54.2 Å². The number of nitrogens with zero attached hydrogens (tertiary/aromatic N) is 5. The van der Waals surface area contributed by atoms with Crippen molar-refractivity contribution in [1.29, 1.82) is 0 Å². The van der Waals surface area contributed by atoms with Crippen LogP contribution in [-0.2, 0) is 10.9 Å². The van der Waals surface area contributed by atoms with Crippen molar-refractivity contribution in [2.75, 3.05) is 55.7 Å². The number of aromatic carboxylic acids is 1. The lowest BCUT2D eigenvalue weighted by Gasteiger charge is -2.37.